The monoisotopic (exact) mass is 356 g/mol. The first-order chi connectivity index (χ1) is 13.3. The van der Waals surface area contributed by atoms with Gasteiger partial charge < -0.3 is 15.0 Å². The number of aromatic nitrogens is 1. The molecule has 134 valence electrons. The molecule has 0 amide bonds. The summed E-state index contributed by atoms with van der Waals surface area (Å²) in [6.07, 6.45) is 0. The lowest BCUT2D eigenvalue weighted by atomic mass is 10.0. The summed E-state index contributed by atoms with van der Waals surface area (Å²) in [6.45, 7) is 0.630. The summed E-state index contributed by atoms with van der Waals surface area (Å²) in [5.74, 6) is 0.708. The van der Waals surface area contributed by atoms with Gasteiger partial charge in [0, 0.05) is 18.0 Å². The predicted octanol–water partition coefficient (Wildman–Crippen LogP) is 4.82. The first-order valence-corrected chi connectivity index (χ1v) is 8.83. The second-order valence-electron chi connectivity index (χ2n) is 6.32. The van der Waals surface area contributed by atoms with Crippen LogP contribution in [0.15, 0.2) is 83.7 Å². The molecule has 3 aromatic carbocycles. The van der Waals surface area contributed by atoms with E-state index >= 15 is 0 Å². The minimum Gasteiger partial charge on any atom is -0.497 e. The maximum atomic E-state index is 12.9. The maximum Gasteiger partial charge on any atom is 0.258 e. The lowest BCUT2D eigenvalue weighted by molar-refractivity contribution is 0.415. The van der Waals surface area contributed by atoms with Gasteiger partial charge in [0.15, 0.2) is 0 Å². The Labute approximate surface area is 157 Å². The third kappa shape index (κ3) is 3.42. The van der Waals surface area contributed by atoms with Crippen LogP contribution < -0.4 is 15.6 Å². The highest BCUT2D eigenvalue weighted by atomic mass is 16.5. The number of hydrogen-bond acceptors (Lipinski definition) is 3. The maximum absolute atomic E-state index is 12.9. The van der Waals surface area contributed by atoms with Gasteiger partial charge in [0.05, 0.1) is 23.9 Å². The molecular formula is C23H20N2O2. The van der Waals surface area contributed by atoms with Crippen molar-refractivity contribution in [2.45, 2.75) is 6.54 Å². The van der Waals surface area contributed by atoms with E-state index in [-0.39, 0.29) is 5.56 Å². The molecule has 0 saturated carbocycles. The van der Waals surface area contributed by atoms with Gasteiger partial charge in [-0.2, -0.15) is 0 Å². The highest BCUT2D eigenvalue weighted by Gasteiger charge is 2.15. The molecule has 0 radical (unpaired) electrons. The van der Waals surface area contributed by atoms with Crippen molar-refractivity contribution >= 4 is 16.6 Å². The molecule has 0 fully saturated rings. The Morgan fingerprint density at radius 2 is 1.63 bits per heavy atom. The van der Waals surface area contributed by atoms with Crippen molar-refractivity contribution in [3.63, 3.8) is 0 Å². The normalized spacial score (nSPS) is 10.7. The molecular weight excluding hydrogens is 336 g/mol. The fourth-order valence-corrected chi connectivity index (χ4v) is 3.25. The predicted molar refractivity (Wildman–Crippen MR) is 110 cm³/mol. The third-order valence-corrected chi connectivity index (χ3v) is 4.60. The average Bonchev–Trinajstić information content (AvgIpc) is 2.72. The zero-order valence-corrected chi connectivity index (χ0v) is 15.0. The highest BCUT2D eigenvalue weighted by Crippen LogP contribution is 2.32. The minimum atomic E-state index is -0.127. The van der Waals surface area contributed by atoms with Gasteiger partial charge in [-0.05, 0) is 23.3 Å². The molecule has 27 heavy (non-hydrogen) atoms. The fraction of sp³-hybridized carbons (Fsp3) is 0.0870. The molecule has 0 spiro atoms. The largest absolute Gasteiger partial charge is 0.497 e. The van der Waals surface area contributed by atoms with Crippen molar-refractivity contribution in [2.24, 2.45) is 0 Å². The summed E-state index contributed by atoms with van der Waals surface area (Å²) in [7, 11) is 1.62. The van der Waals surface area contributed by atoms with Crippen LogP contribution in [0.4, 0.5) is 5.69 Å². The molecule has 0 unspecified atom stereocenters. The molecule has 0 aliphatic carbocycles. The smallest absolute Gasteiger partial charge is 0.258 e. The molecule has 0 atom stereocenters. The Bertz CT molecular complexity index is 1120. The zero-order chi connectivity index (χ0) is 18.6. The summed E-state index contributed by atoms with van der Waals surface area (Å²) in [5.41, 5.74) is 4.12. The molecule has 4 aromatic rings. The van der Waals surface area contributed by atoms with Crippen LogP contribution in [-0.4, -0.2) is 12.1 Å². The molecule has 4 heteroatoms. The van der Waals surface area contributed by atoms with Gasteiger partial charge in [-0.3, -0.25) is 4.79 Å². The quantitative estimate of drug-likeness (QED) is 0.539. The van der Waals surface area contributed by atoms with Crippen LogP contribution in [0.25, 0.3) is 22.0 Å². The fourth-order valence-electron chi connectivity index (χ4n) is 3.25. The van der Waals surface area contributed by atoms with Crippen LogP contribution in [0, 0.1) is 0 Å². The van der Waals surface area contributed by atoms with Gasteiger partial charge in [0.2, 0.25) is 0 Å². The SMILES string of the molecule is COc1ccc2c(NCc3ccccc3)c(-c3ccccc3)c(=O)[nH]c2c1. The molecule has 1 heterocycles. The van der Waals surface area contributed by atoms with Gasteiger partial charge in [-0.15, -0.1) is 0 Å². The Morgan fingerprint density at radius 3 is 2.33 bits per heavy atom. The number of nitrogens with one attached hydrogen (secondary N) is 2. The molecule has 0 aliphatic rings. The lowest BCUT2D eigenvalue weighted by Crippen LogP contribution is -2.14. The number of hydrogen-bond donors (Lipinski definition) is 2. The number of rotatable bonds is 5. The first-order valence-electron chi connectivity index (χ1n) is 8.83. The summed E-state index contributed by atoms with van der Waals surface area (Å²) in [4.78, 5) is 15.9. The summed E-state index contributed by atoms with van der Waals surface area (Å²) >= 11 is 0. The van der Waals surface area contributed by atoms with E-state index in [9.17, 15) is 4.79 Å². The Balaban J connectivity index is 1.89. The summed E-state index contributed by atoms with van der Waals surface area (Å²) < 4.78 is 5.30. The van der Waals surface area contributed by atoms with Crippen LogP contribution in [0.2, 0.25) is 0 Å². The molecule has 4 rings (SSSR count). The van der Waals surface area contributed by atoms with Crippen molar-refractivity contribution < 1.29 is 4.74 Å². The molecule has 4 nitrogen and oxygen atoms in total. The number of anilines is 1. The van der Waals surface area contributed by atoms with E-state index < -0.39 is 0 Å². The van der Waals surface area contributed by atoms with Gasteiger partial charge >= 0.3 is 0 Å². The van der Waals surface area contributed by atoms with Crippen molar-refractivity contribution in [1.29, 1.82) is 0 Å². The number of pyridine rings is 1. The van der Waals surface area contributed by atoms with E-state index in [4.69, 9.17) is 4.74 Å². The topological polar surface area (TPSA) is 54.1 Å². The number of H-pyrrole nitrogens is 1. The van der Waals surface area contributed by atoms with Gasteiger partial charge in [0.25, 0.3) is 5.56 Å². The number of aromatic amines is 1. The van der Waals surface area contributed by atoms with Crippen LogP contribution >= 0.6 is 0 Å². The van der Waals surface area contributed by atoms with Crippen LogP contribution in [-0.2, 0) is 6.54 Å². The van der Waals surface area contributed by atoms with E-state index in [1.807, 2.05) is 66.7 Å². The van der Waals surface area contributed by atoms with Crippen LogP contribution in [0.5, 0.6) is 5.75 Å². The summed E-state index contributed by atoms with van der Waals surface area (Å²) in [5, 5.41) is 4.44. The van der Waals surface area contributed by atoms with Crippen molar-refractivity contribution in [1.82, 2.24) is 4.98 Å². The van der Waals surface area contributed by atoms with E-state index in [0.717, 1.165) is 27.7 Å². The van der Waals surface area contributed by atoms with E-state index in [1.54, 1.807) is 7.11 Å². The van der Waals surface area contributed by atoms with Gasteiger partial charge in [-0.25, -0.2) is 0 Å². The molecule has 0 bridgehead atoms. The molecule has 2 N–H and O–H groups in total. The van der Waals surface area contributed by atoms with Crippen LogP contribution in [0.1, 0.15) is 5.56 Å². The summed E-state index contributed by atoms with van der Waals surface area (Å²) in [6, 6.07) is 25.6. The lowest BCUT2D eigenvalue weighted by Gasteiger charge is -2.15. The van der Waals surface area contributed by atoms with Gasteiger partial charge in [0.1, 0.15) is 5.75 Å². The molecule has 0 saturated heterocycles. The van der Waals surface area contributed by atoms with E-state index in [2.05, 4.69) is 22.4 Å². The Hall–Kier alpha value is -3.53. The van der Waals surface area contributed by atoms with Crippen molar-refractivity contribution in [3.8, 4) is 16.9 Å². The minimum absolute atomic E-state index is 0.127. The van der Waals surface area contributed by atoms with E-state index in [0.29, 0.717) is 17.9 Å². The standard InChI is InChI=1S/C23H20N2O2/c1-27-18-12-13-19-20(14-18)25-23(26)21(17-10-6-3-7-11-17)22(19)24-15-16-8-4-2-5-9-16/h2-14H,15H2,1H3,(H2,24,25,26). The Morgan fingerprint density at radius 1 is 0.926 bits per heavy atom. The second kappa shape index (κ2) is 7.38. The first kappa shape index (κ1) is 16.9. The molecule has 1 aromatic heterocycles. The number of ether oxygens (including phenoxy) is 1. The Kier molecular flexibility index (Phi) is 4.62. The second-order valence-corrected chi connectivity index (χ2v) is 6.32. The van der Waals surface area contributed by atoms with Crippen molar-refractivity contribution in [2.75, 3.05) is 12.4 Å². The zero-order valence-electron chi connectivity index (χ0n) is 15.0. The number of benzene rings is 3. The molecule has 0 aliphatic heterocycles. The number of fused-ring (bicyclic) bond motifs is 1. The van der Waals surface area contributed by atoms with Crippen molar-refractivity contribution in [3.05, 3.63) is 94.8 Å². The highest BCUT2D eigenvalue weighted by molar-refractivity contribution is 5.99. The third-order valence-electron chi connectivity index (χ3n) is 4.60. The van der Waals surface area contributed by atoms with Gasteiger partial charge in [-0.1, -0.05) is 60.7 Å². The number of methoxy groups -OCH3 is 1. The van der Waals surface area contributed by atoms with Crippen LogP contribution in [0.3, 0.4) is 0 Å². The average molecular weight is 356 g/mol. The van der Waals surface area contributed by atoms with E-state index in [1.165, 1.54) is 0 Å².